The van der Waals surface area contributed by atoms with Crippen LogP contribution < -0.4 is 10.9 Å². The van der Waals surface area contributed by atoms with Crippen LogP contribution in [0.4, 0.5) is 0 Å². The Morgan fingerprint density at radius 2 is 2.18 bits per heavy atom. The second kappa shape index (κ2) is 5.01. The standard InChI is InChI=1S/C11H16N2O4/c1-3-11(2,6-14)13-10(17)7-4-8(15)12-9(16)5-7/h4-5,14H,3,6H2,1-2H3,(H,13,17)(H2,12,15,16). The zero-order chi connectivity index (χ0) is 13.1. The number of rotatable bonds is 4. The molecule has 1 atom stereocenters. The number of nitrogens with one attached hydrogen (secondary N) is 2. The van der Waals surface area contributed by atoms with Crippen LogP contribution in [-0.2, 0) is 0 Å². The summed E-state index contributed by atoms with van der Waals surface area (Å²) in [7, 11) is 0. The van der Waals surface area contributed by atoms with Crippen molar-refractivity contribution in [1.82, 2.24) is 10.3 Å². The number of aromatic nitrogens is 1. The molecule has 0 spiro atoms. The van der Waals surface area contributed by atoms with Gasteiger partial charge in [-0.05, 0) is 13.3 Å². The average Bonchev–Trinajstić information content (AvgIpc) is 2.27. The van der Waals surface area contributed by atoms with Gasteiger partial charge in [0, 0.05) is 12.1 Å². The lowest BCUT2D eigenvalue weighted by atomic mass is 10.00. The fraction of sp³-hybridized carbons (Fsp3) is 0.455. The maximum Gasteiger partial charge on any atom is 0.252 e. The highest BCUT2D eigenvalue weighted by Gasteiger charge is 2.24. The predicted molar refractivity (Wildman–Crippen MR) is 62.0 cm³/mol. The molecule has 1 rings (SSSR count). The van der Waals surface area contributed by atoms with Gasteiger partial charge in [0.05, 0.1) is 17.7 Å². The molecule has 94 valence electrons. The molecule has 6 heteroatoms. The highest BCUT2D eigenvalue weighted by atomic mass is 16.3. The summed E-state index contributed by atoms with van der Waals surface area (Å²) in [4.78, 5) is 25.0. The molecule has 1 amide bonds. The lowest BCUT2D eigenvalue weighted by Crippen LogP contribution is -2.48. The number of aliphatic hydroxyl groups is 1. The molecule has 1 aromatic heterocycles. The summed E-state index contributed by atoms with van der Waals surface area (Å²) in [6, 6.07) is 2.24. The van der Waals surface area contributed by atoms with Crippen LogP contribution in [0.1, 0.15) is 30.6 Å². The molecule has 0 fully saturated rings. The van der Waals surface area contributed by atoms with Crippen LogP contribution in [0.5, 0.6) is 5.88 Å². The van der Waals surface area contributed by atoms with E-state index in [1.165, 1.54) is 0 Å². The van der Waals surface area contributed by atoms with Gasteiger partial charge in [-0.1, -0.05) is 6.92 Å². The highest BCUT2D eigenvalue weighted by molar-refractivity contribution is 5.94. The van der Waals surface area contributed by atoms with Gasteiger partial charge >= 0.3 is 0 Å². The molecule has 1 heterocycles. The third kappa shape index (κ3) is 3.32. The third-order valence-corrected chi connectivity index (χ3v) is 2.64. The summed E-state index contributed by atoms with van der Waals surface area (Å²) < 4.78 is 0. The van der Waals surface area contributed by atoms with Gasteiger partial charge in [-0.2, -0.15) is 0 Å². The molecule has 17 heavy (non-hydrogen) atoms. The van der Waals surface area contributed by atoms with Crippen molar-refractivity contribution in [2.24, 2.45) is 0 Å². The number of pyridine rings is 1. The van der Waals surface area contributed by atoms with Gasteiger partial charge in [0.25, 0.3) is 11.5 Å². The Balaban J connectivity index is 2.94. The Morgan fingerprint density at radius 1 is 1.53 bits per heavy atom. The fourth-order valence-corrected chi connectivity index (χ4v) is 1.25. The number of aromatic hydroxyl groups is 1. The van der Waals surface area contributed by atoms with Crippen molar-refractivity contribution >= 4 is 5.91 Å². The van der Waals surface area contributed by atoms with Crippen LogP contribution in [0.2, 0.25) is 0 Å². The third-order valence-electron chi connectivity index (χ3n) is 2.64. The van der Waals surface area contributed by atoms with E-state index in [9.17, 15) is 14.7 Å². The summed E-state index contributed by atoms with van der Waals surface area (Å²) in [5.74, 6) is -0.880. The lowest BCUT2D eigenvalue weighted by Gasteiger charge is -2.27. The van der Waals surface area contributed by atoms with Crippen molar-refractivity contribution in [1.29, 1.82) is 0 Å². The Morgan fingerprint density at radius 3 is 2.65 bits per heavy atom. The number of H-pyrrole nitrogens is 1. The second-order valence-electron chi connectivity index (χ2n) is 4.14. The van der Waals surface area contributed by atoms with E-state index < -0.39 is 17.0 Å². The molecule has 0 aliphatic rings. The fourth-order valence-electron chi connectivity index (χ4n) is 1.25. The molecule has 0 aliphatic heterocycles. The van der Waals surface area contributed by atoms with Gasteiger partial charge in [0.1, 0.15) is 0 Å². The summed E-state index contributed by atoms with van der Waals surface area (Å²) in [6.45, 7) is 3.31. The monoisotopic (exact) mass is 240 g/mol. The molecule has 4 N–H and O–H groups in total. The molecule has 0 bridgehead atoms. The Kier molecular flexibility index (Phi) is 3.90. The van der Waals surface area contributed by atoms with E-state index in [2.05, 4.69) is 10.3 Å². The molecular formula is C11H16N2O4. The summed E-state index contributed by atoms with van der Waals surface area (Å²) in [5, 5.41) is 20.9. The Hall–Kier alpha value is -1.82. The lowest BCUT2D eigenvalue weighted by molar-refractivity contribution is 0.0846. The van der Waals surface area contributed by atoms with Crippen LogP contribution in [0.15, 0.2) is 16.9 Å². The minimum atomic E-state index is -0.741. The topological polar surface area (TPSA) is 102 Å². The van der Waals surface area contributed by atoms with Crippen LogP contribution in [0.25, 0.3) is 0 Å². The first-order valence-corrected chi connectivity index (χ1v) is 5.27. The van der Waals surface area contributed by atoms with Crippen LogP contribution >= 0.6 is 0 Å². The number of carbonyl (C=O) groups excluding carboxylic acids is 1. The highest BCUT2D eigenvalue weighted by Crippen LogP contribution is 2.10. The molecule has 0 radical (unpaired) electrons. The molecular weight excluding hydrogens is 224 g/mol. The number of hydrogen-bond acceptors (Lipinski definition) is 4. The first-order chi connectivity index (χ1) is 7.90. The van der Waals surface area contributed by atoms with Crippen LogP contribution in [0, 0.1) is 0 Å². The zero-order valence-corrected chi connectivity index (χ0v) is 9.78. The maximum atomic E-state index is 11.8. The molecule has 0 saturated carbocycles. The van der Waals surface area contributed by atoms with Crippen molar-refractivity contribution in [3.63, 3.8) is 0 Å². The average molecular weight is 240 g/mol. The second-order valence-corrected chi connectivity index (χ2v) is 4.14. The van der Waals surface area contributed by atoms with E-state index in [-0.39, 0.29) is 18.1 Å². The molecule has 0 saturated heterocycles. The van der Waals surface area contributed by atoms with Gasteiger partial charge in [-0.3, -0.25) is 14.6 Å². The van der Waals surface area contributed by atoms with Crippen molar-refractivity contribution in [3.8, 4) is 5.88 Å². The Bertz CT molecular complexity index is 463. The quantitative estimate of drug-likeness (QED) is 0.593. The van der Waals surface area contributed by atoms with Gasteiger partial charge in [-0.15, -0.1) is 0 Å². The number of hydrogen-bond donors (Lipinski definition) is 4. The minimum absolute atomic E-state index is 0.0550. The molecule has 0 aliphatic carbocycles. The van der Waals surface area contributed by atoms with Crippen molar-refractivity contribution in [3.05, 3.63) is 28.0 Å². The Labute approximate surface area is 98.3 Å². The van der Waals surface area contributed by atoms with Gasteiger partial charge in [-0.25, -0.2) is 0 Å². The van der Waals surface area contributed by atoms with E-state index in [0.29, 0.717) is 6.42 Å². The molecule has 0 aromatic carbocycles. The zero-order valence-electron chi connectivity index (χ0n) is 9.78. The van der Waals surface area contributed by atoms with Crippen LogP contribution in [-0.4, -0.2) is 33.3 Å². The van der Waals surface area contributed by atoms with Crippen molar-refractivity contribution in [2.75, 3.05) is 6.61 Å². The molecule has 1 unspecified atom stereocenters. The first-order valence-electron chi connectivity index (χ1n) is 5.27. The van der Waals surface area contributed by atoms with Crippen molar-refractivity contribution < 1.29 is 15.0 Å². The normalized spacial score (nSPS) is 14.1. The maximum absolute atomic E-state index is 11.8. The van der Waals surface area contributed by atoms with E-state index in [0.717, 1.165) is 12.1 Å². The van der Waals surface area contributed by atoms with Gasteiger partial charge in [0.2, 0.25) is 0 Å². The summed E-state index contributed by atoms with van der Waals surface area (Å²) in [6.07, 6.45) is 0.546. The minimum Gasteiger partial charge on any atom is -0.494 e. The number of amides is 1. The van der Waals surface area contributed by atoms with Gasteiger partial charge in [0.15, 0.2) is 5.88 Å². The molecule has 1 aromatic rings. The summed E-state index contributed by atoms with van der Waals surface area (Å²) in [5.41, 5.74) is -1.24. The SMILES string of the molecule is CCC(C)(CO)NC(=O)c1cc(O)[nH]c(=O)c1. The van der Waals surface area contributed by atoms with E-state index in [1.807, 2.05) is 6.92 Å². The van der Waals surface area contributed by atoms with E-state index >= 15 is 0 Å². The number of carbonyl (C=O) groups is 1. The largest absolute Gasteiger partial charge is 0.494 e. The van der Waals surface area contributed by atoms with E-state index in [1.54, 1.807) is 6.92 Å². The number of aromatic amines is 1. The van der Waals surface area contributed by atoms with Crippen molar-refractivity contribution in [2.45, 2.75) is 25.8 Å². The molecule has 6 nitrogen and oxygen atoms in total. The first kappa shape index (κ1) is 13.2. The summed E-state index contributed by atoms with van der Waals surface area (Å²) >= 11 is 0. The predicted octanol–water partition coefficient (Wildman–Crippen LogP) is -0.0287. The van der Waals surface area contributed by atoms with E-state index in [4.69, 9.17) is 5.11 Å². The van der Waals surface area contributed by atoms with Crippen LogP contribution in [0.3, 0.4) is 0 Å². The number of aliphatic hydroxyl groups excluding tert-OH is 1. The van der Waals surface area contributed by atoms with Gasteiger partial charge < -0.3 is 15.5 Å². The smallest absolute Gasteiger partial charge is 0.252 e.